The van der Waals surface area contributed by atoms with Gasteiger partial charge in [-0.3, -0.25) is 9.52 Å². The summed E-state index contributed by atoms with van der Waals surface area (Å²) in [6.45, 7) is 6.29. The lowest BCUT2D eigenvalue weighted by Gasteiger charge is -2.27. The van der Waals surface area contributed by atoms with E-state index in [4.69, 9.17) is 9.47 Å². The smallest absolute Gasteiger partial charge is 0.236 e. The Morgan fingerprint density at radius 2 is 1.87 bits per heavy atom. The second kappa shape index (κ2) is 8.55. The first-order valence-electron chi connectivity index (χ1n) is 9.87. The molecule has 162 valence electrons. The highest BCUT2D eigenvalue weighted by Gasteiger charge is 2.37. The van der Waals surface area contributed by atoms with E-state index in [-0.39, 0.29) is 18.3 Å². The molecule has 0 unspecified atom stereocenters. The van der Waals surface area contributed by atoms with Crippen LogP contribution in [0.2, 0.25) is 0 Å². The van der Waals surface area contributed by atoms with Gasteiger partial charge < -0.3 is 14.4 Å². The van der Waals surface area contributed by atoms with E-state index >= 15 is 0 Å². The third-order valence-corrected chi connectivity index (χ3v) is 6.36. The summed E-state index contributed by atoms with van der Waals surface area (Å²) in [5.74, 6) is 1.18. The Kier molecular flexibility index (Phi) is 6.26. The first-order chi connectivity index (χ1) is 14.1. The molecular weight excluding hydrogens is 404 g/mol. The van der Waals surface area contributed by atoms with Gasteiger partial charge >= 0.3 is 0 Å². The Morgan fingerprint density at radius 3 is 2.50 bits per heavy atom. The number of ether oxygens (including phenoxy) is 2. The number of methoxy groups -OCH3 is 1. The molecule has 2 aromatic carbocycles. The van der Waals surface area contributed by atoms with Crippen molar-refractivity contribution in [3.63, 3.8) is 0 Å². The number of carbonyl (C=O) groups excluding carboxylic acids is 1. The van der Waals surface area contributed by atoms with Crippen LogP contribution >= 0.6 is 0 Å². The second-order valence-electron chi connectivity index (χ2n) is 7.92. The number of aryl methyl sites for hydroxylation is 1. The fourth-order valence-electron chi connectivity index (χ4n) is 3.30. The molecule has 7 nitrogen and oxygen atoms in total. The topological polar surface area (TPSA) is 84.9 Å². The zero-order chi connectivity index (χ0) is 21.9. The van der Waals surface area contributed by atoms with Crippen molar-refractivity contribution in [1.82, 2.24) is 0 Å². The Balaban J connectivity index is 1.76. The molecule has 30 heavy (non-hydrogen) atoms. The van der Waals surface area contributed by atoms with Gasteiger partial charge in [-0.15, -0.1) is 0 Å². The number of amides is 1. The molecule has 1 heterocycles. The molecule has 0 spiro atoms. The Hall–Kier alpha value is -2.74. The number of benzene rings is 2. The second-order valence-corrected chi connectivity index (χ2v) is 9.77. The zero-order valence-corrected chi connectivity index (χ0v) is 18.6. The van der Waals surface area contributed by atoms with Gasteiger partial charge in [-0.05, 0) is 63.1 Å². The summed E-state index contributed by atoms with van der Waals surface area (Å²) in [6.07, 6.45) is 0.376. The molecule has 2 aromatic rings. The summed E-state index contributed by atoms with van der Waals surface area (Å²) < 4.78 is 38.8. The van der Waals surface area contributed by atoms with Crippen molar-refractivity contribution < 1.29 is 22.7 Å². The molecule has 0 bridgehead atoms. The van der Waals surface area contributed by atoms with Gasteiger partial charge in [0.05, 0.1) is 29.7 Å². The number of nitrogens with zero attached hydrogens (tertiary/aromatic N) is 1. The predicted molar refractivity (Wildman–Crippen MR) is 118 cm³/mol. The number of hydrogen-bond donors (Lipinski definition) is 1. The molecule has 0 fully saturated rings. The lowest BCUT2D eigenvalue weighted by Crippen LogP contribution is -2.42. The molecule has 0 aliphatic carbocycles. The standard InChI is InChI=1S/C22H28N2O5S/c1-5-24-19-14-17(8-11-20(19)29-15-22(2,3)21(24)25)23-30(26,27)13-12-16-6-9-18(28-4)10-7-16/h6-11,14,23H,5,12-13,15H2,1-4H3. The van der Waals surface area contributed by atoms with Crippen LogP contribution in [0.3, 0.4) is 0 Å². The third kappa shape index (κ3) is 4.87. The maximum Gasteiger partial charge on any atom is 0.236 e. The maximum atomic E-state index is 12.9. The number of carbonyl (C=O) groups is 1. The fourth-order valence-corrected chi connectivity index (χ4v) is 4.39. The van der Waals surface area contributed by atoms with Gasteiger partial charge in [0.25, 0.3) is 0 Å². The number of nitrogens with one attached hydrogen (secondary N) is 1. The van der Waals surface area contributed by atoms with E-state index in [0.29, 0.717) is 30.1 Å². The number of fused-ring (bicyclic) bond motifs is 1. The third-order valence-electron chi connectivity index (χ3n) is 5.07. The summed E-state index contributed by atoms with van der Waals surface area (Å²) in [5, 5.41) is 0. The van der Waals surface area contributed by atoms with Crippen molar-refractivity contribution >= 4 is 27.3 Å². The molecule has 0 aromatic heterocycles. The van der Waals surface area contributed by atoms with Crippen LogP contribution in [0.4, 0.5) is 11.4 Å². The quantitative estimate of drug-likeness (QED) is 0.724. The molecule has 0 atom stereocenters. The van der Waals surface area contributed by atoms with Gasteiger partial charge in [0.1, 0.15) is 18.1 Å². The molecule has 0 saturated carbocycles. The van der Waals surface area contributed by atoms with E-state index in [0.717, 1.165) is 11.3 Å². The van der Waals surface area contributed by atoms with Crippen molar-refractivity contribution in [2.75, 3.05) is 35.6 Å². The average molecular weight is 433 g/mol. The van der Waals surface area contributed by atoms with Crippen LogP contribution in [0.25, 0.3) is 0 Å². The van der Waals surface area contributed by atoms with Gasteiger partial charge in [0, 0.05) is 6.54 Å². The van der Waals surface area contributed by atoms with Crippen molar-refractivity contribution in [3.05, 3.63) is 48.0 Å². The van der Waals surface area contributed by atoms with E-state index in [2.05, 4.69) is 4.72 Å². The molecule has 1 aliphatic rings. The SMILES string of the molecule is CCN1C(=O)C(C)(C)COc2ccc(NS(=O)(=O)CCc3ccc(OC)cc3)cc21. The van der Waals surface area contributed by atoms with Crippen LogP contribution in [0.1, 0.15) is 26.3 Å². The minimum atomic E-state index is -3.57. The van der Waals surface area contributed by atoms with Crippen LogP contribution < -0.4 is 19.1 Å². The largest absolute Gasteiger partial charge is 0.497 e. The highest BCUT2D eigenvalue weighted by atomic mass is 32.2. The number of rotatable bonds is 7. The van der Waals surface area contributed by atoms with Crippen LogP contribution in [-0.4, -0.2) is 40.3 Å². The summed E-state index contributed by atoms with van der Waals surface area (Å²) in [7, 11) is -1.98. The molecule has 1 aliphatic heterocycles. The van der Waals surface area contributed by atoms with E-state index in [1.807, 2.05) is 32.9 Å². The van der Waals surface area contributed by atoms with Gasteiger partial charge in [-0.2, -0.15) is 0 Å². The lowest BCUT2D eigenvalue weighted by molar-refractivity contribution is -0.127. The van der Waals surface area contributed by atoms with Crippen LogP contribution in [-0.2, 0) is 21.2 Å². The highest BCUT2D eigenvalue weighted by Crippen LogP contribution is 2.38. The van der Waals surface area contributed by atoms with Gasteiger partial charge in [0.15, 0.2) is 0 Å². The van der Waals surface area contributed by atoms with Crippen molar-refractivity contribution in [3.8, 4) is 11.5 Å². The van der Waals surface area contributed by atoms with E-state index < -0.39 is 15.4 Å². The summed E-state index contributed by atoms with van der Waals surface area (Å²) >= 11 is 0. The minimum Gasteiger partial charge on any atom is -0.497 e. The lowest BCUT2D eigenvalue weighted by atomic mass is 9.93. The zero-order valence-electron chi connectivity index (χ0n) is 17.8. The highest BCUT2D eigenvalue weighted by molar-refractivity contribution is 7.92. The molecule has 3 rings (SSSR count). The summed E-state index contributed by atoms with van der Waals surface area (Å²) in [5.41, 5.74) is 1.22. The average Bonchev–Trinajstić information content (AvgIpc) is 2.81. The molecular formula is C22H28N2O5S. The predicted octanol–water partition coefficient (Wildman–Crippen LogP) is 3.45. The molecule has 0 saturated heterocycles. The van der Waals surface area contributed by atoms with Crippen molar-refractivity contribution in [1.29, 1.82) is 0 Å². The van der Waals surface area contributed by atoms with Crippen LogP contribution in [0.5, 0.6) is 11.5 Å². The molecule has 1 N–H and O–H groups in total. The van der Waals surface area contributed by atoms with Gasteiger partial charge in [-0.1, -0.05) is 12.1 Å². The molecule has 1 amide bonds. The molecule has 0 radical (unpaired) electrons. The number of anilines is 2. The monoisotopic (exact) mass is 432 g/mol. The molecule has 8 heteroatoms. The van der Waals surface area contributed by atoms with Gasteiger partial charge in [-0.25, -0.2) is 8.42 Å². The Bertz CT molecular complexity index is 1020. The Labute approximate surface area is 178 Å². The Morgan fingerprint density at radius 1 is 1.17 bits per heavy atom. The van der Waals surface area contributed by atoms with Crippen LogP contribution in [0, 0.1) is 5.41 Å². The first-order valence-corrected chi connectivity index (χ1v) is 11.5. The van der Waals surface area contributed by atoms with Gasteiger partial charge in [0.2, 0.25) is 15.9 Å². The van der Waals surface area contributed by atoms with E-state index in [9.17, 15) is 13.2 Å². The van der Waals surface area contributed by atoms with Crippen molar-refractivity contribution in [2.45, 2.75) is 27.2 Å². The van der Waals surface area contributed by atoms with E-state index in [1.165, 1.54) is 0 Å². The number of hydrogen-bond acceptors (Lipinski definition) is 5. The summed E-state index contributed by atoms with van der Waals surface area (Å²) in [6, 6.07) is 12.3. The van der Waals surface area contributed by atoms with Crippen LogP contribution in [0.15, 0.2) is 42.5 Å². The van der Waals surface area contributed by atoms with Crippen molar-refractivity contribution in [2.24, 2.45) is 5.41 Å². The van der Waals surface area contributed by atoms with E-state index in [1.54, 1.807) is 42.3 Å². The minimum absolute atomic E-state index is 0.0525. The normalized spacial score (nSPS) is 15.7. The fraction of sp³-hybridized carbons (Fsp3) is 0.409. The summed E-state index contributed by atoms with van der Waals surface area (Å²) in [4.78, 5) is 14.5. The first kappa shape index (κ1) is 22.0. The number of sulfonamides is 1. The maximum absolute atomic E-state index is 12.9.